The Morgan fingerprint density at radius 1 is 1.18 bits per heavy atom. The SMILES string of the molecule is CC(=O)N[C@H](C)CCc1ccc(-c2csc(NC(=O)c3cnccn3)n2)cc1. The van der Waals surface area contributed by atoms with Crippen molar-refractivity contribution in [1.29, 1.82) is 0 Å². The minimum absolute atomic E-state index is 0.00594. The Balaban J connectivity index is 1.59. The highest BCUT2D eigenvalue weighted by Gasteiger charge is 2.11. The number of rotatable bonds is 7. The molecule has 0 unspecified atom stereocenters. The van der Waals surface area contributed by atoms with Crippen LogP contribution in [0.2, 0.25) is 0 Å². The molecular formula is C20H21N5O2S. The molecule has 3 rings (SSSR count). The lowest BCUT2D eigenvalue weighted by Crippen LogP contribution is -2.30. The minimum Gasteiger partial charge on any atom is -0.354 e. The highest BCUT2D eigenvalue weighted by molar-refractivity contribution is 7.14. The van der Waals surface area contributed by atoms with Crippen molar-refractivity contribution in [3.63, 3.8) is 0 Å². The van der Waals surface area contributed by atoms with E-state index in [1.54, 1.807) is 0 Å². The van der Waals surface area contributed by atoms with Gasteiger partial charge >= 0.3 is 0 Å². The lowest BCUT2D eigenvalue weighted by atomic mass is 10.0. The molecule has 0 saturated heterocycles. The van der Waals surface area contributed by atoms with Crippen molar-refractivity contribution in [2.24, 2.45) is 0 Å². The molecule has 8 heteroatoms. The van der Waals surface area contributed by atoms with Crippen molar-refractivity contribution in [2.75, 3.05) is 5.32 Å². The molecule has 1 atom stereocenters. The lowest BCUT2D eigenvalue weighted by molar-refractivity contribution is -0.119. The summed E-state index contributed by atoms with van der Waals surface area (Å²) in [6.07, 6.45) is 6.17. The van der Waals surface area contributed by atoms with Crippen molar-refractivity contribution < 1.29 is 9.59 Å². The van der Waals surface area contributed by atoms with Gasteiger partial charge in [-0.1, -0.05) is 24.3 Å². The molecule has 28 heavy (non-hydrogen) atoms. The molecule has 2 N–H and O–H groups in total. The normalized spacial score (nSPS) is 11.6. The Labute approximate surface area is 167 Å². The number of carbonyl (C=O) groups is 2. The van der Waals surface area contributed by atoms with Crippen LogP contribution in [0.25, 0.3) is 11.3 Å². The van der Waals surface area contributed by atoms with Crippen molar-refractivity contribution >= 4 is 28.3 Å². The van der Waals surface area contributed by atoms with Gasteiger partial charge in [-0.05, 0) is 25.3 Å². The fourth-order valence-corrected chi connectivity index (χ4v) is 3.40. The molecule has 0 radical (unpaired) electrons. The van der Waals surface area contributed by atoms with E-state index in [1.807, 2.05) is 24.4 Å². The molecule has 0 aliphatic rings. The van der Waals surface area contributed by atoms with E-state index in [0.717, 1.165) is 24.1 Å². The number of amides is 2. The first kappa shape index (κ1) is 19.6. The number of carbonyl (C=O) groups excluding carboxylic acids is 2. The molecule has 2 aromatic heterocycles. The zero-order valence-electron chi connectivity index (χ0n) is 15.7. The molecule has 0 aliphatic carbocycles. The smallest absolute Gasteiger partial charge is 0.277 e. The average Bonchev–Trinajstić information content (AvgIpc) is 3.15. The maximum atomic E-state index is 12.1. The summed E-state index contributed by atoms with van der Waals surface area (Å²) in [5, 5.41) is 8.05. The number of aromatic nitrogens is 3. The number of benzene rings is 1. The van der Waals surface area contributed by atoms with Crippen molar-refractivity contribution in [1.82, 2.24) is 20.3 Å². The largest absolute Gasteiger partial charge is 0.354 e. The number of nitrogens with one attached hydrogen (secondary N) is 2. The van der Waals surface area contributed by atoms with Crippen LogP contribution in [0.15, 0.2) is 48.2 Å². The molecule has 3 aromatic rings. The van der Waals surface area contributed by atoms with Gasteiger partial charge in [-0.15, -0.1) is 11.3 Å². The molecule has 0 fully saturated rings. The van der Waals surface area contributed by atoms with E-state index in [-0.39, 0.29) is 23.6 Å². The summed E-state index contributed by atoms with van der Waals surface area (Å²) in [5.41, 5.74) is 3.23. The summed E-state index contributed by atoms with van der Waals surface area (Å²) in [6.45, 7) is 3.53. The van der Waals surface area contributed by atoms with Gasteiger partial charge in [0, 0.05) is 36.3 Å². The van der Waals surface area contributed by atoms with Gasteiger partial charge < -0.3 is 5.32 Å². The Kier molecular flexibility index (Phi) is 6.44. The van der Waals surface area contributed by atoms with Crippen molar-refractivity contribution in [2.45, 2.75) is 32.7 Å². The first-order chi connectivity index (χ1) is 13.5. The molecule has 0 spiro atoms. The van der Waals surface area contributed by atoms with Gasteiger partial charge in [-0.3, -0.25) is 19.9 Å². The number of hydrogen-bond acceptors (Lipinski definition) is 6. The summed E-state index contributed by atoms with van der Waals surface area (Å²) in [5.74, 6) is -0.341. The maximum absolute atomic E-state index is 12.1. The van der Waals surface area contributed by atoms with Gasteiger partial charge in [-0.25, -0.2) is 9.97 Å². The van der Waals surface area contributed by atoms with Crippen molar-refractivity contribution in [3.8, 4) is 11.3 Å². The van der Waals surface area contributed by atoms with E-state index < -0.39 is 0 Å². The van der Waals surface area contributed by atoms with E-state index in [4.69, 9.17) is 0 Å². The van der Waals surface area contributed by atoms with E-state index in [0.29, 0.717) is 5.13 Å². The predicted octanol–water partition coefficient (Wildman–Crippen LogP) is 3.31. The minimum atomic E-state index is -0.336. The highest BCUT2D eigenvalue weighted by atomic mass is 32.1. The van der Waals surface area contributed by atoms with Crippen molar-refractivity contribution in [3.05, 3.63) is 59.5 Å². The molecule has 144 valence electrons. The summed E-state index contributed by atoms with van der Waals surface area (Å²) >= 11 is 1.36. The molecule has 1 aromatic carbocycles. The average molecular weight is 395 g/mol. The van der Waals surface area contributed by atoms with E-state index in [1.165, 1.54) is 42.4 Å². The molecule has 2 heterocycles. The summed E-state index contributed by atoms with van der Waals surface area (Å²) < 4.78 is 0. The summed E-state index contributed by atoms with van der Waals surface area (Å²) in [4.78, 5) is 35.5. The molecule has 0 bridgehead atoms. The Hall–Kier alpha value is -3.13. The van der Waals surface area contributed by atoms with Gasteiger partial charge in [0.25, 0.3) is 5.91 Å². The van der Waals surface area contributed by atoms with Gasteiger partial charge in [0.1, 0.15) is 5.69 Å². The van der Waals surface area contributed by atoms with E-state index in [2.05, 4.69) is 37.7 Å². The van der Waals surface area contributed by atoms with Crippen LogP contribution in [-0.4, -0.2) is 32.8 Å². The number of nitrogens with zero attached hydrogens (tertiary/aromatic N) is 3. The second-order valence-corrected chi connectivity index (χ2v) is 7.28. The molecule has 2 amide bonds. The van der Waals surface area contributed by atoms with Crippen LogP contribution in [0.4, 0.5) is 5.13 Å². The third-order valence-corrected chi connectivity index (χ3v) is 4.84. The maximum Gasteiger partial charge on any atom is 0.277 e. The predicted molar refractivity (Wildman–Crippen MR) is 109 cm³/mol. The van der Waals surface area contributed by atoms with Gasteiger partial charge in [-0.2, -0.15) is 0 Å². The molecule has 0 saturated carbocycles. The third kappa shape index (κ3) is 5.43. The first-order valence-corrected chi connectivity index (χ1v) is 9.78. The second kappa shape index (κ2) is 9.18. The lowest BCUT2D eigenvalue weighted by Gasteiger charge is -2.12. The Morgan fingerprint density at radius 3 is 2.64 bits per heavy atom. The monoisotopic (exact) mass is 395 g/mol. The highest BCUT2D eigenvalue weighted by Crippen LogP contribution is 2.25. The van der Waals surface area contributed by atoms with Crippen LogP contribution < -0.4 is 10.6 Å². The first-order valence-electron chi connectivity index (χ1n) is 8.90. The third-order valence-electron chi connectivity index (χ3n) is 4.09. The van der Waals surface area contributed by atoms with Crippen LogP contribution in [0.1, 0.15) is 36.3 Å². The fourth-order valence-electron chi connectivity index (χ4n) is 2.69. The number of aryl methyl sites for hydroxylation is 1. The number of anilines is 1. The Bertz CT molecular complexity index is 941. The molecular weight excluding hydrogens is 374 g/mol. The zero-order valence-corrected chi connectivity index (χ0v) is 16.5. The van der Waals surface area contributed by atoms with Crippen LogP contribution in [0, 0.1) is 0 Å². The van der Waals surface area contributed by atoms with Gasteiger partial charge in [0.2, 0.25) is 5.91 Å². The topological polar surface area (TPSA) is 96.9 Å². The molecule has 0 aliphatic heterocycles. The van der Waals surface area contributed by atoms with E-state index in [9.17, 15) is 9.59 Å². The second-order valence-electron chi connectivity index (χ2n) is 6.42. The fraction of sp³-hybridized carbons (Fsp3) is 0.250. The van der Waals surface area contributed by atoms with Gasteiger partial charge in [0.05, 0.1) is 11.9 Å². The quantitative estimate of drug-likeness (QED) is 0.640. The summed E-state index contributed by atoms with van der Waals surface area (Å²) in [6, 6.07) is 8.31. The van der Waals surface area contributed by atoms with Crippen LogP contribution in [0.3, 0.4) is 0 Å². The molecule has 7 nitrogen and oxygen atoms in total. The van der Waals surface area contributed by atoms with Gasteiger partial charge in [0.15, 0.2) is 5.13 Å². The van der Waals surface area contributed by atoms with E-state index >= 15 is 0 Å². The van der Waals surface area contributed by atoms with Crippen LogP contribution >= 0.6 is 11.3 Å². The zero-order chi connectivity index (χ0) is 19.9. The summed E-state index contributed by atoms with van der Waals surface area (Å²) in [7, 11) is 0. The van der Waals surface area contributed by atoms with Crippen LogP contribution in [0.5, 0.6) is 0 Å². The van der Waals surface area contributed by atoms with Crippen LogP contribution in [-0.2, 0) is 11.2 Å². The number of hydrogen-bond donors (Lipinski definition) is 2. The Morgan fingerprint density at radius 2 is 1.96 bits per heavy atom. The number of thiazole rings is 1. The standard InChI is InChI=1S/C20H21N5O2S/c1-13(23-14(2)26)3-4-15-5-7-16(8-6-15)18-12-28-20(24-18)25-19(27)17-11-21-9-10-22-17/h5-13H,3-4H2,1-2H3,(H,23,26)(H,24,25,27)/t13-/m1/s1.